The topological polar surface area (TPSA) is 73.1 Å². The largest absolute Gasteiger partial charge is 0.465 e. The molecule has 1 rings (SSSR count). The Bertz CT molecular complexity index is 383. The zero-order valence-corrected chi connectivity index (χ0v) is 9.36. The van der Waals surface area contributed by atoms with Crippen molar-refractivity contribution in [2.24, 2.45) is 0 Å². The summed E-state index contributed by atoms with van der Waals surface area (Å²) in [5.74, 6) is 0. The Morgan fingerprint density at radius 2 is 2.13 bits per heavy atom. The Hall–Kier alpha value is -1.54. The van der Waals surface area contributed by atoms with Crippen molar-refractivity contribution in [3.05, 3.63) is 34.3 Å². The molecule has 0 heterocycles. The third-order valence-corrected chi connectivity index (χ3v) is 2.34. The number of hydrogen-bond acceptors (Lipinski definition) is 2. The number of carbonyl (C=O) groups is 1. The molecule has 1 aromatic carbocycles. The first-order valence-corrected chi connectivity index (χ1v) is 5.04. The van der Waals surface area contributed by atoms with Gasteiger partial charge in [-0.3, -0.25) is 0 Å². The van der Waals surface area contributed by atoms with Crippen LogP contribution in [0.2, 0.25) is 0 Å². The molecular weight excluding hydrogens is 260 g/mol. The van der Waals surface area contributed by atoms with Crippen molar-refractivity contribution in [1.29, 1.82) is 5.26 Å². The van der Waals surface area contributed by atoms with E-state index >= 15 is 0 Å². The first kappa shape index (κ1) is 11.5. The minimum Gasteiger partial charge on any atom is -0.465 e. The molecule has 0 spiro atoms. The van der Waals surface area contributed by atoms with Crippen molar-refractivity contribution in [3.63, 3.8) is 0 Å². The minimum absolute atomic E-state index is 0.371. The van der Waals surface area contributed by atoms with Crippen LogP contribution in [0.3, 0.4) is 0 Å². The molecule has 0 aliphatic heterocycles. The fourth-order valence-corrected chi connectivity index (χ4v) is 1.40. The van der Waals surface area contributed by atoms with Crippen LogP contribution in [0.25, 0.3) is 0 Å². The van der Waals surface area contributed by atoms with Gasteiger partial charge in [-0.25, -0.2) is 4.79 Å². The van der Waals surface area contributed by atoms with Crippen LogP contribution < -0.4 is 5.32 Å². The molecule has 0 aliphatic rings. The number of nitriles is 1. The zero-order chi connectivity index (χ0) is 11.3. The van der Waals surface area contributed by atoms with Crippen LogP contribution in [-0.2, 0) is 6.42 Å². The van der Waals surface area contributed by atoms with Crippen molar-refractivity contribution in [2.45, 2.75) is 12.5 Å². The lowest BCUT2D eigenvalue weighted by atomic mass is 10.1. The zero-order valence-electron chi connectivity index (χ0n) is 7.77. The van der Waals surface area contributed by atoms with Crippen LogP contribution in [0.4, 0.5) is 4.79 Å². The van der Waals surface area contributed by atoms with Gasteiger partial charge in [0, 0.05) is 10.9 Å². The van der Waals surface area contributed by atoms with Gasteiger partial charge >= 0.3 is 6.09 Å². The molecule has 78 valence electrons. The molecule has 0 bridgehead atoms. The van der Waals surface area contributed by atoms with Crippen molar-refractivity contribution < 1.29 is 9.90 Å². The smallest absolute Gasteiger partial charge is 0.405 e. The van der Waals surface area contributed by atoms with E-state index in [1.54, 1.807) is 0 Å². The molecule has 1 atom stereocenters. The lowest BCUT2D eigenvalue weighted by Gasteiger charge is -2.08. The van der Waals surface area contributed by atoms with Crippen molar-refractivity contribution in [1.82, 2.24) is 5.32 Å². The van der Waals surface area contributed by atoms with Crippen LogP contribution in [0.1, 0.15) is 5.56 Å². The van der Waals surface area contributed by atoms with Crippen molar-refractivity contribution >= 4 is 22.0 Å². The summed E-state index contributed by atoms with van der Waals surface area (Å²) in [6, 6.07) is 8.58. The maximum absolute atomic E-state index is 10.3. The highest BCUT2D eigenvalue weighted by molar-refractivity contribution is 9.10. The molecule has 1 aromatic rings. The van der Waals surface area contributed by atoms with Gasteiger partial charge in [-0.05, 0) is 17.7 Å². The molecule has 0 saturated carbocycles. The maximum atomic E-state index is 10.3. The van der Waals surface area contributed by atoms with Gasteiger partial charge in [0.25, 0.3) is 0 Å². The molecule has 15 heavy (non-hydrogen) atoms. The van der Waals surface area contributed by atoms with E-state index in [0.29, 0.717) is 6.42 Å². The first-order valence-electron chi connectivity index (χ1n) is 4.25. The summed E-state index contributed by atoms with van der Waals surface area (Å²) in [5, 5.41) is 19.3. The van der Waals surface area contributed by atoms with Crippen molar-refractivity contribution in [3.8, 4) is 6.07 Å². The third kappa shape index (κ3) is 4.00. The number of halogens is 1. The quantitative estimate of drug-likeness (QED) is 0.882. The van der Waals surface area contributed by atoms with Crippen LogP contribution in [0, 0.1) is 11.3 Å². The molecule has 0 saturated heterocycles. The molecular formula is C10H9BrN2O2. The van der Waals surface area contributed by atoms with E-state index < -0.39 is 12.1 Å². The molecule has 0 aliphatic carbocycles. The normalized spacial score (nSPS) is 11.5. The lowest BCUT2D eigenvalue weighted by molar-refractivity contribution is 0.192. The number of hydrogen-bond donors (Lipinski definition) is 2. The van der Waals surface area contributed by atoms with E-state index in [4.69, 9.17) is 10.4 Å². The van der Waals surface area contributed by atoms with Crippen LogP contribution in [0.15, 0.2) is 28.7 Å². The summed E-state index contributed by atoms with van der Waals surface area (Å²) in [7, 11) is 0. The second kappa shape index (κ2) is 5.37. The Kier molecular flexibility index (Phi) is 4.13. The van der Waals surface area contributed by atoms with Crippen LogP contribution in [0.5, 0.6) is 0 Å². The number of rotatable bonds is 3. The summed E-state index contributed by atoms with van der Waals surface area (Å²) >= 11 is 3.29. The van der Waals surface area contributed by atoms with Gasteiger partial charge in [0.1, 0.15) is 6.04 Å². The molecule has 0 radical (unpaired) electrons. The van der Waals surface area contributed by atoms with Gasteiger partial charge in [0.15, 0.2) is 0 Å². The minimum atomic E-state index is -1.18. The highest BCUT2D eigenvalue weighted by Gasteiger charge is 2.10. The van der Waals surface area contributed by atoms with Gasteiger partial charge in [-0.1, -0.05) is 28.1 Å². The molecule has 5 heteroatoms. The molecule has 2 N–H and O–H groups in total. The van der Waals surface area contributed by atoms with E-state index in [9.17, 15) is 4.79 Å². The molecule has 1 unspecified atom stereocenters. The summed E-state index contributed by atoms with van der Waals surface area (Å²) in [6.07, 6.45) is -0.811. The summed E-state index contributed by atoms with van der Waals surface area (Å²) in [6.45, 7) is 0. The summed E-state index contributed by atoms with van der Waals surface area (Å²) in [4.78, 5) is 10.3. The van der Waals surface area contributed by atoms with E-state index in [2.05, 4.69) is 21.2 Å². The van der Waals surface area contributed by atoms with Crippen LogP contribution in [-0.4, -0.2) is 17.2 Å². The third-order valence-electron chi connectivity index (χ3n) is 1.81. The molecule has 1 amide bonds. The summed E-state index contributed by atoms with van der Waals surface area (Å²) in [5.41, 5.74) is 0.915. The summed E-state index contributed by atoms with van der Waals surface area (Å²) < 4.78 is 0.950. The van der Waals surface area contributed by atoms with Crippen LogP contribution >= 0.6 is 15.9 Å². The maximum Gasteiger partial charge on any atom is 0.405 e. The number of nitrogens with one attached hydrogen (secondary N) is 1. The lowest BCUT2D eigenvalue weighted by Crippen LogP contribution is -2.33. The van der Waals surface area contributed by atoms with Gasteiger partial charge in [-0.15, -0.1) is 0 Å². The SMILES string of the molecule is N#CC(Cc1ccc(Br)cc1)NC(=O)O. The monoisotopic (exact) mass is 268 g/mol. The molecule has 4 nitrogen and oxygen atoms in total. The van der Waals surface area contributed by atoms with E-state index in [-0.39, 0.29) is 0 Å². The van der Waals surface area contributed by atoms with Gasteiger partial charge < -0.3 is 10.4 Å². The highest BCUT2D eigenvalue weighted by Crippen LogP contribution is 2.11. The Morgan fingerprint density at radius 1 is 1.53 bits per heavy atom. The fraction of sp³-hybridized carbons (Fsp3) is 0.200. The number of amides is 1. The Balaban J connectivity index is 2.63. The first-order chi connectivity index (χ1) is 7.11. The van der Waals surface area contributed by atoms with Gasteiger partial charge in [0.2, 0.25) is 0 Å². The molecule has 0 fully saturated rings. The molecule has 0 aromatic heterocycles. The Labute approximate surface area is 95.7 Å². The number of benzene rings is 1. The average Bonchev–Trinajstić information content (AvgIpc) is 2.19. The van der Waals surface area contributed by atoms with E-state index in [1.807, 2.05) is 30.3 Å². The Morgan fingerprint density at radius 3 is 2.60 bits per heavy atom. The predicted molar refractivity (Wildman–Crippen MR) is 58.4 cm³/mol. The number of nitrogens with zero attached hydrogens (tertiary/aromatic N) is 1. The van der Waals surface area contributed by atoms with E-state index in [1.165, 1.54) is 0 Å². The predicted octanol–water partition coefficient (Wildman–Crippen LogP) is 2.15. The van der Waals surface area contributed by atoms with Crippen molar-refractivity contribution in [2.75, 3.05) is 0 Å². The van der Waals surface area contributed by atoms with E-state index in [0.717, 1.165) is 10.0 Å². The highest BCUT2D eigenvalue weighted by atomic mass is 79.9. The fourth-order valence-electron chi connectivity index (χ4n) is 1.13. The second-order valence-corrected chi connectivity index (χ2v) is 3.88. The average molecular weight is 269 g/mol. The van der Waals surface area contributed by atoms with Gasteiger partial charge in [0.05, 0.1) is 6.07 Å². The van der Waals surface area contributed by atoms with Gasteiger partial charge in [-0.2, -0.15) is 5.26 Å². The number of carboxylic acid groups (broad SMARTS) is 1. The standard InChI is InChI=1S/C10H9BrN2O2/c11-8-3-1-7(2-4-8)5-9(6-12)13-10(14)15/h1-4,9,13H,5H2,(H,14,15). The second-order valence-electron chi connectivity index (χ2n) is 2.96.